The lowest BCUT2D eigenvalue weighted by molar-refractivity contribution is 1.01. The molecule has 0 radical (unpaired) electrons. The van der Waals surface area contributed by atoms with Crippen molar-refractivity contribution in [2.45, 2.75) is 222 Å². The van der Waals surface area contributed by atoms with E-state index in [1.54, 1.807) is 62.1 Å². The molecular formula is C64H112N16. The second-order valence-corrected chi connectivity index (χ2v) is 14.2. The first-order chi connectivity index (χ1) is 38.3. The first-order valence-corrected chi connectivity index (χ1v) is 28.4. The largest absolute Gasteiger partial charge is 0.261 e. The maximum atomic E-state index is 4.11. The Hall–Kier alpha value is -7.36. The fraction of sp³-hybridized carbons (Fsp3) is 0.500. The van der Waals surface area contributed by atoms with Crippen LogP contribution in [0.4, 0.5) is 0 Å². The summed E-state index contributed by atoms with van der Waals surface area (Å²) in [6.07, 6.45) is 21.0. The average Bonchev–Trinajstić information content (AvgIpc) is 3.46. The maximum absolute atomic E-state index is 4.11. The predicted octanol–water partition coefficient (Wildman–Crippen LogP) is 17.0. The van der Waals surface area contributed by atoms with Gasteiger partial charge in [-0.15, -0.1) is 0 Å². The van der Waals surface area contributed by atoms with Gasteiger partial charge in [0, 0.05) is 96.6 Å². The molecule has 0 bridgehead atoms. The molecule has 8 rings (SSSR count). The van der Waals surface area contributed by atoms with Crippen molar-refractivity contribution >= 4 is 0 Å². The summed E-state index contributed by atoms with van der Waals surface area (Å²) in [6, 6.07) is 7.59. The van der Waals surface area contributed by atoms with E-state index in [0.29, 0.717) is 0 Å². The van der Waals surface area contributed by atoms with Crippen molar-refractivity contribution in [3.8, 4) is 0 Å². The Morgan fingerprint density at radius 1 is 0.212 bits per heavy atom. The van der Waals surface area contributed by atoms with Gasteiger partial charge in [-0.1, -0.05) is 111 Å². The second kappa shape index (κ2) is 67.7. The van der Waals surface area contributed by atoms with Gasteiger partial charge in [-0.05, 0) is 141 Å². The van der Waals surface area contributed by atoms with Crippen LogP contribution in [0.5, 0.6) is 0 Å². The quantitative estimate of drug-likeness (QED) is 0.138. The molecular weight excluding hydrogens is 993 g/mol. The van der Waals surface area contributed by atoms with Crippen molar-refractivity contribution < 1.29 is 0 Å². The zero-order valence-electron chi connectivity index (χ0n) is 56.4. The Kier molecular flexibility index (Phi) is 75.6. The van der Waals surface area contributed by atoms with Gasteiger partial charge < -0.3 is 0 Å². The molecule has 16 heteroatoms. The minimum atomic E-state index is 0.829. The van der Waals surface area contributed by atoms with E-state index in [2.05, 4.69) is 79.7 Å². The molecule has 16 nitrogen and oxygen atoms in total. The predicted molar refractivity (Wildman–Crippen MR) is 343 cm³/mol. The molecule has 0 saturated heterocycles. The lowest BCUT2D eigenvalue weighted by atomic mass is 10.4. The van der Waals surface area contributed by atoms with Gasteiger partial charge in [0.15, 0.2) is 0 Å². The molecule has 0 fully saturated rings. The number of hydrogen-bond acceptors (Lipinski definition) is 16. The molecule has 0 amide bonds. The van der Waals surface area contributed by atoms with Gasteiger partial charge in [0.05, 0.1) is 34.2 Å². The summed E-state index contributed by atoms with van der Waals surface area (Å²) < 4.78 is 0. The summed E-state index contributed by atoms with van der Waals surface area (Å²) >= 11 is 0. The van der Waals surface area contributed by atoms with Gasteiger partial charge in [-0.3, -0.25) is 29.9 Å². The van der Waals surface area contributed by atoms with E-state index in [1.807, 2.05) is 258 Å². The smallest absolute Gasteiger partial charge is 0.125 e. The van der Waals surface area contributed by atoms with Gasteiger partial charge in [0.25, 0.3) is 0 Å². The molecule has 0 saturated carbocycles. The van der Waals surface area contributed by atoms with E-state index < -0.39 is 0 Å². The van der Waals surface area contributed by atoms with E-state index in [4.69, 9.17) is 0 Å². The lowest BCUT2D eigenvalue weighted by Gasteiger charge is -1.89. The molecule has 0 spiro atoms. The molecule has 8 heterocycles. The summed E-state index contributed by atoms with van der Waals surface area (Å²) in [7, 11) is 0. The summed E-state index contributed by atoms with van der Waals surface area (Å²) in [5, 5.41) is 0. The van der Waals surface area contributed by atoms with Crippen LogP contribution in [0, 0.1) is 111 Å². The molecule has 0 aliphatic rings. The number of hydrogen-bond donors (Lipinski definition) is 0. The molecule has 0 aliphatic heterocycles. The van der Waals surface area contributed by atoms with Crippen LogP contribution in [0.1, 0.15) is 202 Å². The topological polar surface area (TPSA) is 206 Å². The van der Waals surface area contributed by atoms with Crippen LogP contribution in [0.3, 0.4) is 0 Å². The standard InChI is InChI=1S/8C6H8N2.8C2H6/c2*1-5-3-8-6(2)4-7-5;1-5-3-7-4-6(2)8-5;1-5-3-6(2)8-4-7-5;1-5-3-7-6(2)8-4-5;3*1-5-3-4-7-6(2)8-5;8*1-2/h8*3-4H,1-2H3;8*1-2H3. The van der Waals surface area contributed by atoms with Crippen molar-refractivity contribution in [2.75, 3.05) is 0 Å². The lowest BCUT2D eigenvalue weighted by Crippen LogP contribution is -1.86. The Morgan fingerprint density at radius 2 is 0.475 bits per heavy atom. The van der Waals surface area contributed by atoms with Gasteiger partial charge in [-0.2, -0.15) is 0 Å². The van der Waals surface area contributed by atoms with Gasteiger partial charge >= 0.3 is 0 Å². The normalized spacial score (nSPS) is 8.00. The Morgan fingerprint density at radius 3 is 0.625 bits per heavy atom. The van der Waals surface area contributed by atoms with Crippen LogP contribution in [0.15, 0.2) is 98.8 Å². The number of rotatable bonds is 0. The number of aryl methyl sites for hydroxylation is 16. The Balaban J connectivity index is -0.000000119. The maximum Gasteiger partial charge on any atom is 0.125 e. The van der Waals surface area contributed by atoms with E-state index in [1.165, 1.54) is 0 Å². The molecule has 0 unspecified atom stereocenters. The molecule has 8 aromatic heterocycles. The molecule has 8 aromatic rings. The van der Waals surface area contributed by atoms with Gasteiger partial charge in [-0.25, -0.2) is 49.8 Å². The third-order valence-corrected chi connectivity index (χ3v) is 7.29. The fourth-order valence-electron chi connectivity index (χ4n) is 4.27. The fourth-order valence-corrected chi connectivity index (χ4v) is 4.27. The monoisotopic (exact) mass is 1100 g/mol. The molecule has 80 heavy (non-hydrogen) atoms. The molecule has 0 aliphatic carbocycles. The van der Waals surface area contributed by atoms with Crippen LogP contribution in [0.2, 0.25) is 0 Å². The summed E-state index contributed by atoms with van der Waals surface area (Å²) in [5.41, 5.74) is 12.1. The zero-order chi connectivity index (χ0) is 63.9. The van der Waals surface area contributed by atoms with Crippen molar-refractivity contribution in [1.82, 2.24) is 79.7 Å². The van der Waals surface area contributed by atoms with Crippen molar-refractivity contribution in [3.63, 3.8) is 0 Å². The molecule has 0 aromatic carbocycles. The van der Waals surface area contributed by atoms with E-state index >= 15 is 0 Å². The van der Waals surface area contributed by atoms with E-state index in [-0.39, 0.29) is 0 Å². The van der Waals surface area contributed by atoms with Crippen LogP contribution < -0.4 is 0 Å². The third-order valence-electron chi connectivity index (χ3n) is 7.29. The van der Waals surface area contributed by atoms with Gasteiger partial charge in [0.1, 0.15) is 29.6 Å². The Labute approximate surface area is 489 Å². The summed E-state index contributed by atoms with van der Waals surface area (Å²) in [5.74, 6) is 3.34. The molecule has 448 valence electrons. The van der Waals surface area contributed by atoms with Crippen LogP contribution >= 0.6 is 0 Å². The SMILES string of the molecule is CC.CC.CC.CC.CC.CC.CC.CC.Cc1cc(C)ncn1.Cc1ccnc(C)n1.Cc1ccnc(C)n1.Cc1ccnc(C)n1.Cc1cnc(C)cn1.Cc1cnc(C)cn1.Cc1cnc(C)nc1.Cc1cncc(C)n1. The minimum absolute atomic E-state index is 0.829. The highest BCUT2D eigenvalue weighted by molar-refractivity contribution is 5.04. The summed E-state index contributed by atoms with van der Waals surface area (Å²) in [4.78, 5) is 63.9. The average molecular weight is 1110 g/mol. The third kappa shape index (κ3) is 64.9. The summed E-state index contributed by atoms with van der Waals surface area (Å²) in [6.45, 7) is 62.8. The van der Waals surface area contributed by atoms with Crippen molar-refractivity contribution in [3.05, 3.63) is 190 Å². The number of nitrogens with zero attached hydrogens (tertiary/aromatic N) is 16. The first-order valence-electron chi connectivity index (χ1n) is 28.4. The first kappa shape index (κ1) is 89.2. The van der Waals surface area contributed by atoms with Gasteiger partial charge in [0.2, 0.25) is 0 Å². The highest BCUT2D eigenvalue weighted by Crippen LogP contribution is 1.94. The van der Waals surface area contributed by atoms with Crippen LogP contribution in [-0.4, -0.2) is 79.7 Å². The molecule has 0 atom stereocenters. The minimum Gasteiger partial charge on any atom is -0.261 e. The van der Waals surface area contributed by atoms with Crippen LogP contribution in [-0.2, 0) is 0 Å². The van der Waals surface area contributed by atoms with Crippen molar-refractivity contribution in [2.24, 2.45) is 0 Å². The van der Waals surface area contributed by atoms with E-state index in [9.17, 15) is 0 Å². The number of aromatic nitrogens is 16. The highest BCUT2D eigenvalue weighted by Gasteiger charge is 1.88. The highest BCUT2D eigenvalue weighted by atomic mass is 14.9. The van der Waals surface area contributed by atoms with E-state index in [0.717, 1.165) is 91.5 Å². The zero-order valence-corrected chi connectivity index (χ0v) is 56.4. The molecule has 0 N–H and O–H groups in total. The Bertz CT molecular complexity index is 1960. The van der Waals surface area contributed by atoms with Crippen LogP contribution in [0.25, 0.3) is 0 Å². The second-order valence-electron chi connectivity index (χ2n) is 14.2. The van der Waals surface area contributed by atoms with Crippen molar-refractivity contribution in [1.29, 1.82) is 0 Å².